The normalized spacial score (nSPS) is 15.6. The molecule has 0 bridgehead atoms. The number of ether oxygens (including phenoxy) is 1. The van der Waals surface area contributed by atoms with Gasteiger partial charge in [0.1, 0.15) is 16.7 Å². The van der Waals surface area contributed by atoms with Gasteiger partial charge in [0.2, 0.25) is 0 Å². The van der Waals surface area contributed by atoms with Crippen LogP contribution in [0.25, 0.3) is 78.3 Å². The van der Waals surface area contributed by atoms with Crippen LogP contribution >= 0.6 is 119 Å². The molecular formula is C124H100Br6N8O3S2. The van der Waals surface area contributed by atoms with Crippen molar-refractivity contribution in [1.29, 1.82) is 0 Å². The molecule has 15 aromatic carbocycles. The molecule has 2 spiro atoms. The van der Waals surface area contributed by atoms with Crippen LogP contribution < -0.4 is 9.80 Å². The Balaban J connectivity index is 0.000000113. The topological polar surface area (TPSA) is 106 Å². The number of nitrogens with zero attached hydrogens (tertiary/aromatic N) is 8. The molecule has 3 aromatic heterocycles. The van der Waals surface area contributed by atoms with Gasteiger partial charge in [0, 0.05) is 125 Å². The van der Waals surface area contributed by atoms with Crippen molar-refractivity contribution >= 4 is 159 Å². The van der Waals surface area contributed by atoms with Crippen LogP contribution in [0.3, 0.4) is 0 Å². The second-order valence-corrected chi connectivity index (χ2v) is 49.7. The number of benzene rings is 15. The molecule has 0 radical (unpaired) electrons. The van der Waals surface area contributed by atoms with Crippen LogP contribution in [-0.4, -0.2) is 46.8 Å². The fourth-order valence-electron chi connectivity index (χ4n) is 22.8. The molecule has 19 heteroatoms. The highest BCUT2D eigenvalue weighted by Gasteiger charge is 2.57. The van der Waals surface area contributed by atoms with E-state index in [1.54, 1.807) is 0 Å². The van der Waals surface area contributed by atoms with Crippen LogP contribution in [0.15, 0.2) is 356 Å². The van der Waals surface area contributed by atoms with Crippen LogP contribution in [-0.2, 0) is 37.7 Å². The van der Waals surface area contributed by atoms with Crippen molar-refractivity contribution in [3.63, 3.8) is 0 Å². The van der Waals surface area contributed by atoms with Crippen molar-refractivity contribution in [1.82, 2.24) is 29.3 Å². The third-order valence-electron chi connectivity index (χ3n) is 29.6. The van der Waals surface area contributed by atoms with E-state index in [2.05, 4.69) is 440 Å². The van der Waals surface area contributed by atoms with E-state index in [9.17, 15) is 9.90 Å². The van der Waals surface area contributed by atoms with E-state index in [4.69, 9.17) is 20.0 Å². The summed E-state index contributed by atoms with van der Waals surface area (Å²) in [5, 5.41) is 28.8. The maximum atomic E-state index is 12.8. The Labute approximate surface area is 893 Å². The number of hydrogen-bond donors (Lipinski definition) is 1. The Morgan fingerprint density at radius 1 is 0.315 bits per heavy atom. The number of ketones is 1. The van der Waals surface area contributed by atoms with E-state index in [1.807, 2.05) is 102 Å². The smallest absolute Gasteiger partial charge is 0.194 e. The quantitative estimate of drug-likeness (QED) is 0.179. The monoisotopic (exact) mass is 2290 g/mol. The van der Waals surface area contributed by atoms with E-state index >= 15 is 0 Å². The lowest BCUT2D eigenvalue weighted by Crippen LogP contribution is -2.34. The molecule has 708 valence electrons. The molecular weight excluding hydrogens is 2190 g/mol. The standard InChI is InChI=1S/C54H44N4S2.C31H30Br2N2O2.C26H20Br2N2.C13H6Br2O/c1-31-12-20-43-48(24-31)59-49-25-32(2)13-21-44(49)56(43)35-16-18-37-38-19-17-36(57-45-22-14-33(3)26-50(45)60-51-27-34(4)15-23-46(51)57)29-42(38)54(41(37)28-35)40-11-9-8-10-39(40)47-30-52(53(5,6)7)55-58(47)54;1-30(2,3)28-18-27(35(34-28)29-10-6-7-15-37-29)23-8-4-5-9-24(23)31(36)25-16-19(32)11-13-21(25)22-14-12-20(33)17-26(22)31;1-25(2,3)24-14-23-19-6-4-5-7-20(19)26(30(23)29-24)21-12-15(27)8-10-17(21)18-11-9-16(28)13-22(18)26;14-7-1-3-9-10-4-2-8(15)6-12(10)13(16)11(9)5-7/h8-30H,1-7H3;4-5,8-9,11-14,16-18,29,36H,6-7,10,15H2,1-3H3;4-14H,1-3H3;1-6H. The van der Waals surface area contributed by atoms with E-state index in [-0.39, 0.29) is 28.3 Å². The first-order valence-electron chi connectivity index (χ1n) is 48.6. The van der Waals surface area contributed by atoms with Gasteiger partial charge >= 0.3 is 0 Å². The molecule has 5 aliphatic heterocycles. The number of halogens is 6. The third-order valence-corrected chi connectivity index (χ3v) is 34.7. The lowest BCUT2D eigenvalue weighted by atomic mass is 9.80. The first kappa shape index (κ1) is 94.0. The van der Waals surface area contributed by atoms with Gasteiger partial charge in [0.25, 0.3) is 0 Å². The molecule has 11 nitrogen and oxygen atoms in total. The van der Waals surface area contributed by atoms with Crippen molar-refractivity contribution in [3.8, 4) is 78.3 Å². The predicted molar refractivity (Wildman–Crippen MR) is 604 cm³/mol. The minimum absolute atomic E-state index is 0.0215. The molecule has 1 atom stereocenters. The fraction of sp³-hybridized carbons (Fsp3) is 0.194. The molecule has 0 saturated carbocycles. The Hall–Kier alpha value is -11.3. The van der Waals surface area contributed by atoms with Gasteiger partial charge in [-0.05, 0) is 311 Å². The summed E-state index contributed by atoms with van der Waals surface area (Å²) in [5.74, 6) is 0.104. The minimum atomic E-state index is -1.33. The molecule has 9 aliphatic rings. The van der Waals surface area contributed by atoms with E-state index in [1.165, 1.54) is 137 Å². The highest BCUT2D eigenvalue weighted by atomic mass is 79.9. The molecule has 1 saturated heterocycles. The summed E-state index contributed by atoms with van der Waals surface area (Å²) in [5.41, 5.74) is 40.4. The van der Waals surface area contributed by atoms with Gasteiger partial charge in [-0.1, -0.05) is 327 Å². The summed E-state index contributed by atoms with van der Waals surface area (Å²) < 4.78 is 18.8. The zero-order valence-electron chi connectivity index (χ0n) is 81.3. The van der Waals surface area contributed by atoms with Crippen molar-refractivity contribution in [3.05, 3.63) is 437 Å². The van der Waals surface area contributed by atoms with Gasteiger partial charge in [-0.15, -0.1) is 0 Å². The first-order valence-corrected chi connectivity index (χ1v) is 55.0. The van der Waals surface area contributed by atoms with Crippen LogP contribution in [0.5, 0.6) is 0 Å². The summed E-state index contributed by atoms with van der Waals surface area (Å²) >= 11 is 25.3. The Morgan fingerprint density at radius 2 is 0.629 bits per heavy atom. The molecule has 18 aromatic rings. The lowest BCUT2D eigenvalue weighted by molar-refractivity contribution is -0.0387. The van der Waals surface area contributed by atoms with Crippen LogP contribution in [0.1, 0.15) is 193 Å². The summed E-state index contributed by atoms with van der Waals surface area (Å²) in [6, 6.07) is 112. The summed E-state index contributed by atoms with van der Waals surface area (Å²) in [4.78, 5) is 22.2. The third kappa shape index (κ3) is 15.2. The molecule has 4 aliphatic carbocycles. The zero-order chi connectivity index (χ0) is 98.9. The number of rotatable bonds is 5. The van der Waals surface area contributed by atoms with E-state index in [0.717, 1.165) is 148 Å². The number of carbonyl (C=O) groups excluding carboxylic acids is 1. The summed E-state index contributed by atoms with van der Waals surface area (Å²) in [7, 11) is 0. The predicted octanol–water partition coefficient (Wildman–Crippen LogP) is 35.3. The number of hydrogen-bond acceptors (Lipinski definition) is 10. The Bertz CT molecular complexity index is 8030. The van der Waals surface area contributed by atoms with Crippen LogP contribution in [0.2, 0.25) is 0 Å². The lowest BCUT2D eigenvalue weighted by Gasteiger charge is -2.36. The minimum Gasteiger partial charge on any atom is -0.376 e. The molecule has 1 fully saturated rings. The molecule has 1 unspecified atom stereocenters. The van der Waals surface area contributed by atoms with E-state index < -0.39 is 16.7 Å². The van der Waals surface area contributed by atoms with Crippen LogP contribution in [0, 0.1) is 27.7 Å². The average Bonchev–Trinajstić information content (AvgIpc) is 1.50. The zero-order valence-corrected chi connectivity index (χ0v) is 92.4. The number of fused-ring (bicyclic) bond motifs is 30. The number of aromatic nitrogens is 6. The van der Waals surface area contributed by atoms with Gasteiger partial charge in [-0.25, -0.2) is 14.0 Å². The fourth-order valence-corrected chi connectivity index (χ4v) is 27.5. The van der Waals surface area contributed by atoms with E-state index in [0.29, 0.717) is 0 Å². The Morgan fingerprint density at radius 3 is 1.00 bits per heavy atom. The number of aryl methyl sites for hydroxylation is 4. The van der Waals surface area contributed by atoms with Crippen molar-refractivity contribution in [2.75, 3.05) is 16.4 Å². The number of aliphatic hydroxyl groups is 1. The maximum absolute atomic E-state index is 12.8. The largest absolute Gasteiger partial charge is 0.376 e. The molecule has 1 N–H and O–H groups in total. The van der Waals surface area contributed by atoms with Crippen molar-refractivity contribution in [2.45, 2.75) is 168 Å². The van der Waals surface area contributed by atoms with Gasteiger partial charge in [0.15, 0.2) is 12.0 Å². The van der Waals surface area contributed by atoms with Gasteiger partial charge in [-0.2, -0.15) is 15.3 Å². The van der Waals surface area contributed by atoms with Gasteiger partial charge in [-0.3, -0.25) is 4.79 Å². The van der Waals surface area contributed by atoms with Crippen molar-refractivity contribution < 1.29 is 14.6 Å². The first-order chi connectivity index (χ1) is 68.6. The molecule has 143 heavy (non-hydrogen) atoms. The molecule has 0 amide bonds. The second-order valence-electron chi connectivity index (χ2n) is 42.0. The highest BCUT2D eigenvalue weighted by Crippen LogP contribution is 2.66. The second kappa shape index (κ2) is 35.0. The Kier molecular flexibility index (Phi) is 23.0. The maximum Gasteiger partial charge on any atom is 0.194 e. The number of anilines is 6. The molecule has 8 heterocycles. The van der Waals surface area contributed by atoms with Gasteiger partial charge in [0.05, 0.1) is 56.9 Å². The van der Waals surface area contributed by atoms with Crippen molar-refractivity contribution in [2.24, 2.45) is 0 Å². The SMILES string of the molecule is CC(C)(C)c1cc(-c2ccccc2C2(O)c3cc(Br)ccc3-c3ccc(Br)cc32)n(C2CCCCO2)n1.CC(C)(C)c1cc2n(n1)C1(c3cc(Br)ccc3-c3ccc(Br)cc31)c1ccccc1-2.Cc1ccc2c(c1)Sc1cc(C)ccc1N2c1ccc2c(c1)C1(c3cc(N4c5ccc(C)cc5Sc5cc(C)ccc54)ccc3-2)c2ccccc2-c2cc(C(C)(C)C)nn21.O=C1c2cc(Br)ccc2-c2ccc(Br)cc21. The summed E-state index contributed by atoms with van der Waals surface area (Å²) in [6.45, 7) is 29.6. The highest BCUT2D eigenvalue weighted by molar-refractivity contribution is 9.11. The number of carbonyl (C=O) groups is 1. The van der Waals surface area contributed by atoms with Crippen LogP contribution in [0.4, 0.5) is 34.1 Å². The van der Waals surface area contributed by atoms with Gasteiger partial charge < -0.3 is 19.6 Å². The summed E-state index contributed by atoms with van der Waals surface area (Å²) in [6.07, 6.45) is 3.00. The molecule has 27 rings (SSSR count). The average molecular weight is 2290 g/mol.